The summed E-state index contributed by atoms with van der Waals surface area (Å²) >= 11 is 0. The summed E-state index contributed by atoms with van der Waals surface area (Å²) in [5.41, 5.74) is 1.42. The Kier molecular flexibility index (Phi) is 5.13. The van der Waals surface area contributed by atoms with E-state index in [2.05, 4.69) is 0 Å². The van der Waals surface area contributed by atoms with Crippen molar-refractivity contribution in [3.8, 4) is 34.5 Å². The van der Waals surface area contributed by atoms with Crippen LogP contribution in [0.5, 0.6) is 34.5 Å². The summed E-state index contributed by atoms with van der Waals surface area (Å²) in [5, 5.41) is 0.931. The van der Waals surface area contributed by atoms with Gasteiger partial charge in [-0.3, -0.25) is 0 Å². The first-order valence-corrected chi connectivity index (χ1v) is 10.3. The van der Waals surface area contributed by atoms with Crippen LogP contribution in [0, 0.1) is 0 Å². The van der Waals surface area contributed by atoms with E-state index < -0.39 is 11.9 Å². The molecule has 0 bridgehead atoms. The van der Waals surface area contributed by atoms with Crippen LogP contribution in [0.3, 0.4) is 0 Å². The first-order valence-electron chi connectivity index (χ1n) is 10.3. The monoisotopic (exact) mass is 460 g/mol. The molecule has 2 aliphatic rings. The van der Waals surface area contributed by atoms with Crippen LogP contribution in [0.2, 0.25) is 0 Å². The van der Waals surface area contributed by atoms with Gasteiger partial charge < -0.3 is 28.4 Å². The van der Waals surface area contributed by atoms with Gasteiger partial charge in [-0.1, -0.05) is 12.1 Å². The maximum atomic E-state index is 13.0. The van der Waals surface area contributed by atoms with Crippen LogP contribution in [-0.2, 0) is 9.59 Å². The molecule has 0 atom stereocenters. The molecule has 0 amide bonds. The molecule has 8 heteroatoms. The van der Waals surface area contributed by atoms with E-state index in [1.807, 2.05) is 0 Å². The molecular formula is C26H20O8. The number of methoxy groups -OCH3 is 4. The molecule has 2 aliphatic heterocycles. The number of benzene rings is 3. The van der Waals surface area contributed by atoms with Crippen molar-refractivity contribution in [2.24, 2.45) is 0 Å². The van der Waals surface area contributed by atoms with Crippen molar-refractivity contribution >= 4 is 23.1 Å². The van der Waals surface area contributed by atoms with Gasteiger partial charge in [-0.15, -0.1) is 0 Å². The van der Waals surface area contributed by atoms with Gasteiger partial charge in [0.05, 0.1) is 50.7 Å². The van der Waals surface area contributed by atoms with Crippen LogP contribution >= 0.6 is 0 Å². The molecule has 0 radical (unpaired) electrons. The maximum absolute atomic E-state index is 13.0. The fourth-order valence-electron chi connectivity index (χ4n) is 4.31. The molecule has 0 saturated heterocycles. The largest absolute Gasteiger partial charge is 0.496 e. The van der Waals surface area contributed by atoms with Gasteiger partial charge in [0.1, 0.15) is 34.5 Å². The zero-order valence-electron chi connectivity index (χ0n) is 18.9. The number of fused-ring (bicyclic) bond motifs is 2. The van der Waals surface area contributed by atoms with Gasteiger partial charge in [-0.25, -0.2) is 9.59 Å². The van der Waals surface area contributed by atoms with E-state index in [-0.39, 0.29) is 22.6 Å². The standard InChI is InChI=1S/C26H20O8/c1-29-15-7-5-8-16(30-2)23(15)21-13-11-20-14(12-19(13)33-25(21)27)22(26(28)34-20)24-17(31-3)9-6-10-18(24)32-4/h5-12H,1-4H3. The molecule has 8 nitrogen and oxygen atoms in total. The number of hydrogen-bond donors (Lipinski definition) is 0. The summed E-state index contributed by atoms with van der Waals surface area (Å²) in [7, 11) is 6.03. The molecular weight excluding hydrogens is 440 g/mol. The van der Waals surface area contributed by atoms with E-state index in [9.17, 15) is 9.59 Å². The van der Waals surface area contributed by atoms with Crippen molar-refractivity contribution in [2.45, 2.75) is 0 Å². The molecule has 0 spiro atoms. The minimum atomic E-state index is -0.566. The lowest BCUT2D eigenvalue weighted by molar-refractivity contribution is -0.128. The molecule has 0 aliphatic carbocycles. The van der Waals surface area contributed by atoms with Gasteiger partial charge in [0.15, 0.2) is 0 Å². The van der Waals surface area contributed by atoms with E-state index in [1.54, 1.807) is 48.5 Å². The van der Waals surface area contributed by atoms with Crippen molar-refractivity contribution in [1.29, 1.82) is 0 Å². The Bertz CT molecular complexity index is 1330. The summed E-state index contributed by atoms with van der Waals surface area (Å²) in [6, 6.07) is 13.6. The van der Waals surface area contributed by atoms with Gasteiger partial charge in [-0.05, 0) is 36.4 Å². The van der Waals surface area contributed by atoms with Crippen LogP contribution in [0.1, 0.15) is 11.1 Å². The normalized spacial score (nSPS) is 13.8. The lowest BCUT2D eigenvalue weighted by atomic mass is 9.99. The van der Waals surface area contributed by atoms with Crippen molar-refractivity contribution in [3.63, 3.8) is 0 Å². The fraction of sp³-hybridized carbons (Fsp3) is 0.154. The number of ether oxygens (including phenoxy) is 6. The summed E-state index contributed by atoms with van der Waals surface area (Å²) in [5.74, 6) is 1.23. The Morgan fingerprint density at radius 1 is 0.559 bits per heavy atom. The quantitative estimate of drug-likeness (QED) is 0.408. The van der Waals surface area contributed by atoms with Gasteiger partial charge in [0.25, 0.3) is 0 Å². The Morgan fingerprint density at radius 2 is 0.882 bits per heavy atom. The lowest BCUT2D eigenvalue weighted by Gasteiger charge is -2.12. The van der Waals surface area contributed by atoms with Crippen molar-refractivity contribution < 1.29 is 38.0 Å². The predicted molar refractivity (Wildman–Crippen MR) is 121 cm³/mol. The molecule has 172 valence electrons. The van der Waals surface area contributed by atoms with Gasteiger partial charge in [0, 0.05) is 10.4 Å². The van der Waals surface area contributed by atoms with E-state index in [1.165, 1.54) is 28.4 Å². The molecule has 3 aromatic rings. The van der Waals surface area contributed by atoms with E-state index in [4.69, 9.17) is 28.4 Å². The van der Waals surface area contributed by atoms with Crippen LogP contribution in [0.4, 0.5) is 0 Å². The third-order valence-electron chi connectivity index (χ3n) is 5.79. The molecule has 0 N–H and O–H groups in total. The first kappa shape index (κ1) is 21.4. The molecule has 34 heavy (non-hydrogen) atoms. The summed E-state index contributed by atoms with van der Waals surface area (Å²) in [6.45, 7) is 0. The van der Waals surface area contributed by atoms with Gasteiger partial charge in [0.2, 0.25) is 0 Å². The molecule has 0 aromatic heterocycles. The molecule has 0 unspecified atom stereocenters. The van der Waals surface area contributed by atoms with Gasteiger partial charge >= 0.3 is 11.9 Å². The summed E-state index contributed by atoms with van der Waals surface area (Å²) in [4.78, 5) is 26.0. The maximum Gasteiger partial charge on any atom is 0.345 e. The van der Waals surface area contributed by atoms with Gasteiger partial charge in [-0.2, -0.15) is 0 Å². The Hall–Kier alpha value is -4.46. The second kappa shape index (κ2) is 8.15. The molecule has 0 fully saturated rings. The van der Waals surface area contributed by atoms with Crippen LogP contribution in [0.15, 0.2) is 48.5 Å². The number of hydrogen-bond acceptors (Lipinski definition) is 8. The Morgan fingerprint density at radius 3 is 1.18 bits per heavy atom. The molecule has 2 heterocycles. The smallest absolute Gasteiger partial charge is 0.345 e. The Labute approximate surface area is 194 Å². The minimum Gasteiger partial charge on any atom is -0.496 e. The predicted octanol–water partition coefficient (Wildman–Crippen LogP) is 1.96. The highest BCUT2D eigenvalue weighted by atomic mass is 16.5. The van der Waals surface area contributed by atoms with Crippen molar-refractivity contribution in [3.05, 3.63) is 70.1 Å². The average Bonchev–Trinajstić information content (AvgIpc) is 3.34. The summed E-state index contributed by atoms with van der Waals surface area (Å²) in [6.07, 6.45) is 0. The topological polar surface area (TPSA) is 89.5 Å². The number of carbonyl (C=O) groups is 2. The van der Waals surface area contributed by atoms with Crippen LogP contribution in [-0.4, -0.2) is 40.4 Å². The van der Waals surface area contributed by atoms with E-state index in [0.717, 1.165) is 0 Å². The zero-order chi connectivity index (χ0) is 24.0. The molecule has 0 saturated carbocycles. The highest BCUT2D eigenvalue weighted by Crippen LogP contribution is 2.39. The van der Waals surface area contributed by atoms with Crippen molar-refractivity contribution in [1.82, 2.24) is 0 Å². The third kappa shape index (κ3) is 3.07. The fourth-order valence-corrected chi connectivity index (χ4v) is 4.31. The van der Waals surface area contributed by atoms with E-state index >= 15 is 0 Å². The van der Waals surface area contributed by atoms with E-state index in [0.29, 0.717) is 44.6 Å². The second-order valence-corrected chi connectivity index (χ2v) is 7.45. The third-order valence-corrected chi connectivity index (χ3v) is 5.79. The first-order chi connectivity index (χ1) is 16.5. The second-order valence-electron chi connectivity index (χ2n) is 7.45. The molecule has 5 rings (SSSR count). The van der Waals surface area contributed by atoms with Crippen molar-refractivity contribution in [2.75, 3.05) is 28.4 Å². The highest BCUT2D eigenvalue weighted by molar-refractivity contribution is 6.22. The Balaban J connectivity index is 1.84. The van der Waals surface area contributed by atoms with Crippen LogP contribution in [0.25, 0.3) is 11.1 Å². The van der Waals surface area contributed by atoms with Crippen LogP contribution < -0.4 is 38.9 Å². The SMILES string of the molecule is COc1cccc(OC)c1C1=c2cc3c(cc2OC1=O)=C(c1c(OC)cccc1OC)C(=O)O3. The molecule has 3 aromatic carbocycles. The number of esters is 2. The minimum absolute atomic E-state index is 0.256. The highest BCUT2D eigenvalue weighted by Gasteiger charge is 2.34. The number of carbonyl (C=O) groups excluding carboxylic acids is 2. The summed E-state index contributed by atoms with van der Waals surface area (Å²) < 4.78 is 33.1. The number of rotatable bonds is 6. The lowest BCUT2D eigenvalue weighted by Crippen LogP contribution is -2.12. The zero-order valence-corrected chi connectivity index (χ0v) is 18.9. The average molecular weight is 460 g/mol.